The van der Waals surface area contributed by atoms with E-state index in [9.17, 15) is 0 Å². The monoisotopic (exact) mass is 202 g/mol. The van der Waals surface area contributed by atoms with Crippen LogP contribution in [0.25, 0.3) is 0 Å². The highest BCUT2D eigenvalue weighted by molar-refractivity contribution is 4.79. The average Bonchev–Trinajstić information content (AvgIpc) is 2.03. The molecule has 14 heavy (non-hydrogen) atoms. The van der Waals surface area contributed by atoms with Crippen LogP contribution in [0.1, 0.15) is 34.1 Å². The summed E-state index contributed by atoms with van der Waals surface area (Å²) in [6, 6.07) is 0. The molecular weight excluding hydrogens is 176 g/mol. The Morgan fingerprint density at radius 2 is 1.86 bits per heavy atom. The fraction of sp³-hybridized carbons (Fsp3) is 1.00. The maximum absolute atomic E-state index is 8.63. The summed E-state index contributed by atoms with van der Waals surface area (Å²) < 4.78 is 0. The predicted octanol–water partition coefficient (Wildman–Crippen LogP) is 0.983. The predicted molar refractivity (Wildman–Crippen MR) is 61.5 cm³/mol. The molecule has 0 radical (unpaired) electrons. The molecule has 0 spiro atoms. The molecular formula is C11H26N2O. The summed E-state index contributed by atoms with van der Waals surface area (Å²) in [5, 5.41) is 15.3. The summed E-state index contributed by atoms with van der Waals surface area (Å²) >= 11 is 0. The summed E-state index contributed by atoms with van der Waals surface area (Å²) in [5.74, 6) is 0.753. The van der Waals surface area contributed by atoms with Gasteiger partial charge in [0.1, 0.15) is 0 Å². The lowest BCUT2D eigenvalue weighted by Crippen LogP contribution is -2.48. The number of nitrogens with one attached hydrogen (secondary N) is 2. The van der Waals surface area contributed by atoms with Gasteiger partial charge >= 0.3 is 0 Å². The number of hydrogen-bond acceptors (Lipinski definition) is 3. The van der Waals surface area contributed by atoms with Crippen LogP contribution in [-0.4, -0.2) is 36.9 Å². The lowest BCUT2D eigenvalue weighted by molar-refractivity contribution is 0.278. The van der Waals surface area contributed by atoms with E-state index >= 15 is 0 Å². The van der Waals surface area contributed by atoms with Crippen molar-refractivity contribution in [1.82, 2.24) is 10.6 Å². The molecule has 0 saturated carbocycles. The molecule has 0 aromatic rings. The topological polar surface area (TPSA) is 44.3 Å². The van der Waals surface area contributed by atoms with Gasteiger partial charge in [0, 0.05) is 18.6 Å². The molecule has 0 aromatic heterocycles. The van der Waals surface area contributed by atoms with Crippen molar-refractivity contribution in [2.75, 3.05) is 26.2 Å². The van der Waals surface area contributed by atoms with E-state index in [2.05, 4.69) is 38.3 Å². The van der Waals surface area contributed by atoms with Crippen molar-refractivity contribution in [3.63, 3.8) is 0 Å². The normalized spacial score (nSPS) is 12.4. The maximum Gasteiger partial charge on any atom is 0.0555 e. The molecule has 0 atom stereocenters. The zero-order valence-electron chi connectivity index (χ0n) is 10.1. The minimum atomic E-state index is 0.115. The quantitative estimate of drug-likeness (QED) is 0.514. The van der Waals surface area contributed by atoms with Gasteiger partial charge in [-0.25, -0.2) is 0 Å². The first-order valence-electron chi connectivity index (χ1n) is 5.54. The summed E-state index contributed by atoms with van der Waals surface area (Å²) in [6.07, 6.45) is 1.21. The van der Waals surface area contributed by atoms with E-state index in [1.165, 1.54) is 6.42 Å². The van der Waals surface area contributed by atoms with E-state index in [4.69, 9.17) is 5.11 Å². The second-order valence-electron chi connectivity index (χ2n) is 4.89. The van der Waals surface area contributed by atoms with Gasteiger partial charge in [-0.15, -0.1) is 0 Å². The van der Waals surface area contributed by atoms with Crippen LogP contribution in [0.2, 0.25) is 0 Å². The summed E-state index contributed by atoms with van der Waals surface area (Å²) in [4.78, 5) is 0. The van der Waals surface area contributed by atoms with Crippen LogP contribution in [0.15, 0.2) is 0 Å². The fourth-order valence-corrected chi connectivity index (χ4v) is 1.24. The van der Waals surface area contributed by atoms with Gasteiger partial charge in [-0.3, -0.25) is 0 Å². The van der Waals surface area contributed by atoms with Crippen LogP contribution in [0.3, 0.4) is 0 Å². The van der Waals surface area contributed by atoms with Crippen LogP contribution in [0, 0.1) is 5.92 Å². The second kappa shape index (κ2) is 7.21. The SMILES string of the molecule is CC(C)CCNC(C)(C)CNCCO. The third-order valence-electron chi connectivity index (χ3n) is 2.18. The van der Waals surface area contributed by atoms with Gasteiger partial charge in [-0.2, -0.15) is 0 Å². The number of rotatable bonds is 8. The maximum atomic E-state index is 8.63. The van der Waals surface area contributed by atoms with Crippen LogP contribution >= 0.6 is 0 Å². The van der Waals surface area contributed by atoms with Crippen molar-refractivity contribution < 1.29 is 5.11 Å². The Morgan fingerprint density at radius 3 is 2.36 bits per heavy atom. The first-order chi connectivity index (χ1) is 6.48. The molecule has 0 unspecified atom stereocenters. The van der Waals surface area contributed by atoms with Gasteiger partial charge in [0.2, 0.25) is 0 Å². The van der Waals surface area contributed by atoms with Crippen molar-refractivity contribution in [1.29, 1.82) is 0 Å². The molecule has 3 nitrogen and oxygen atoms in total. The van der Waals surface area contributed by atoms with Gasteiger partial charge in [-0.1, -0.05) is 13.8 Å². The molecule has 0 aliphatic rings. The minimum absolute atomic E-state index is 0.115. The lowest BCUT2D eigenvalue weighted by Gasteiger charge is -2.27. The largest absolute Gasteiger partial charge is 0.395 e. The van der Waals surface area contributed by atoms with Gasteiger partial charge in [0.05, 0.1) is 6.61 Å². The molecule has 0 fully saturated rings. The van der Waals surface area contributed by atoms with Crippen molar-refractivity contribution in [3.8, 4) is 0 Å². The minimum Gasteiger partial charge on any atom is -0.395 e. The zero-order chi connectivity index (χ0) is 11.0. The molecule has 0 rings (SSSR count). The zero-order valence-corrected chi connectivity index (χ0v) is 10.1. The van der Waals surface area contributed by atoms with E-state index in [1.807, 2.05) is 0 Å². The van der Waals surface area contributed by atoms with Crippen molar-refractivity contribution in [2.24, 2.45) is 5.92 Å². The Balaban J connectivity index is 3.50. The van der Waals surface area contributed by atoms with Gasteiger partial charge < -0.3 is 15.7 Å². The lowest BCUT2D eigenvalue weighted by atomic mass is 10.0. The van der Waals surface area contributed by atoms with Gasteiger partial charge in [-0.05, 0) is 32.7 Å². The molecule has 0 aromatic carbocycles. The van der Waals surface area contributed by atoms with E-state index < -0.39 is 0 Å². The van der Waals surface area contributed by atoms with E-state index in [1.54, 1.807) is 0 Å². The molecule has 0 heterocycles. The number of aliphatic hydroxyl groups excluding tert-OH is 1. The summed E-state index contributed by atoms with van der Waals surface area (Å²) in [7, 11) is 0. The van der Waals surface area contributed by atoms with E-state index in [0.29, 0.717) is 6.54 Å². The summed E-state index contributed by atoms with van der Waals surface area (Å²) in [6.45, 7) is 11.7. The standard InChI is InChI=1S/C11H26N2O/c1-10(2)5-6-13-11(3,4)9-12-7-8-14/h10,12-14H,5-9H2,1-4H3. The Morgan fingerprint density at radius 1 is 1.21 bits per heavy atom. The summed E-state index contributed by atoms with van der Waals surface area (Å²) in [5.41, 5.74) is 0.115. The Hall–Kier alpha value is -0.120. The van der Waals surface area contributed by atoms with Crippen LogP contribution < -0.4 is 10.6 Å². The van der Waals surface area contributed by atoms with Gasteiger partial charge in [0.25, 0.3) is 0 Å². The highest BCUT2D eigenvalue weighted by Crippen LogP contribution is 2.02. The highest BCUT2D eigenvalue weighted by atomic mass is 16.3. The average molecular weight is 202 g/mol. The Kier molecular flexibility index (Phi) is 7.15. The first kappa shape index (κ1) is 13.9. The van der Waals surface area contributed by atoms with Crippen LogP contribution in [0.5, 0.6) is 0 Å². The van der Waals surface area contributed by atoms with E-state index in [0.717, 1.165) is 19.0 Å². The molecule has 3 N–H and O–H groups in total. The molecule has 3 heteroatoms. The Bertz CT molecular complexity index is 135. The van der Waals surface area contributed by atoms with Crippen molar-refractivity contribution in [3.05, 3.63) is 0 Å². The Labute approximate surface area is 88.3 Å². The van der Waals surface area contributed by atoms with Crippen molar-refractivity contribution in [2.45, 2.75) is 39.7 Å². The molecule has 0 aliphatic heterocycles. The smallest absolute Gasteiger partial charge is 0.0555 e. The number of hydrogen-bond donors (Lipinski definition) is 3. The molecule has 0 aliphatic carbocycles. The van der Waals surface area contributed by atoms with Crippen LogP contribution in [0.4, 0.5) is 0 Å². The number of aliphatic hydroxyl groups is 1. The fourth-order valence-electron chi connectivity index (χ4n) is 1.24. The van der Waals surface area contributed by atoms with Crippen LogP contribution in [-0.2, 0) is 0 Å². The first-order valence-corrected chi connectivity index (χ1v) is 5.54. The van der Waals surface area contributed by atoms with Crippen molar-refractivity contribution >= 4 is 0 Å². The molecule has 86 valence electrons. The third kappa shape index (κ3) is 8.48. The second-order valence-corrected chi connectivity index (χ2v) is 4.89. The molecule has 0 saturated heterocycles. The third-order valence-corrected chi connectivity index (χ3v) is 2.18. The van der Waals surface area contributed by atoms with E-state index in [-0.39, 0.29) is 12.1 Å². The molecule has 0 amide bonds. The highest BCUT2D eigenvalue weighted by Gasteiger charge is 2.15. The molecule has 0 bridgehead atoms. The van der Waals surface area contributed by atoms with Gasteiger partial charge in [0.15, 0.2) is 0 Å².